The number of rotatable bonds is 6. The van der Waals surface area contributed by atoms with Gasteiger partial charge in [0, 0.05) is 31.7 Å². The molecule has 0 bridgehead atoms. The molecule has 0 spiro atoms. The Kier molecular flexibility index (Phi) is 3.93. The molecule has 0 aromatic heterocycles. The molecule has 1 aliphatic rings. The molecule has 2 rings (SSSR count). The highest BCUT2D eigenvalue weighted by molar-refractivity contribution is 5.27. The zero-order valence-corrected chi connectivity index (χ0v) is 9.73. The van der Waals surface area contributed by atoms with Gasteiger partial charge < -0.3 is 15.8 Å². The average molecular weight is 220 g/mol. The summed E-state index contributed by atoms with van der Waals surface area (Å²) < 4.78 is 5.00. The van der Waals surface area contributed by atoms with Crippen molar-refractivity contribution >= 4 is 0 Å². The summed E-state index contributed by atoms with van der Waals surface area (Å²) >= 11 is 0. The molecule has 1 aromatic carbocycles. The first-order chi connectivity index (χ1) is 7.81. The van der Waals surface area contributed by atoms with Crippen LogP contribution in [0.25, 0.3) is 0 Å². The summed E-state index contributed by atoms with van der Waals surface area (Å²) in [5, 5.41) is 3.48. The maximum absolute atomic E-state index is 5.86. The van der Waals surface area contributed by atoms with E-state index in [4.69, 9.17) is 10.5 Å². The maximum Gasteiger partial charge on any atom is 0.0626 e. The third kappa shape index (κ3) is 3.04. The van der Waals surface area contributed by atoms with E-state index in [1.54, 1.807) is 7.11 Å². The maximum atomic E-state index is 5.86. The first kappa shape index (κ1) is 11.6. The lowest BCUT2D eigenvalue weighted by atomic mass is 10.1. The third-order valence-corrected chi connectivity index (χ3v) is 3.04. The number of benzene rings is 1. The van der Waals surface area contributed by atoms with E-state index in [1.807, 2.05) is 0 Å². The molecule has 1 saturated carbocycles. The molecule has 16 heavy (non-hydrogen) atoms. The van der Waals surface area contributed by atoms with Gasteiger partial charge in [0.05, 0.1) is 6.61 Å². The van der Waals surface area contributed by atoms with E-state index >= 15 is 0 Å². The SMILES string of the molecule is COCC(N)CNC1CC1c1ccccc1. The summed E-state index contributed by atoms with van der Waals surface area (Å²) in [4.78, 5) is 0. The van der Waals surface area contributed by atoms with Crippen molar-refractivity contribution in [3.05, 3.63) is 35.9 Å². The lowest BCUT2D eigenvalue weighted by Gasteiger charge is -2.11. The molecule has 1 aliphatic carbocycles. The monoisotopic (exact) mass is 220 g/mol. The predicted octanol–water partition coefficient (Wildman–Crippen LogP) is 1.11. The first-order valence-electron chi connectivity index (χ1n) is 5.84. The lowest BCUT2D eigenvalue weighted by Crippen LogP contribution is -2.38. The molecular weight excluding hydrogens is 200 g/mol. The Hall–Kier alpha value is -0.900. The largest absolute Gasteiger partial charge is 0.383 e. The quantitative estimate of drug-likeness (QED) is 0.755. The van der Waals surface area contributed by atoms with E-state index in [-0.39, 0.29) is 6.04 Å². The second kappa shape index (κ2) is 5.43. The van der Waals surface area contributed by atoms with Crippen molar-refractivity contribution in [2.24, 2.45) is 5.73 Å². The van der Waals surface area contributed by atoms with Crippen LogP contribution in [0.5, 0.6) is 0 Å². The van der Waals surface area contributed by atoms with Gasteiger partial charge >= 0.3 is 0 Å². The first-order valence-corrected chi connectivity index (χ1v) is 5.84. The van der Waals surface area contributed by atoms with Crippen LogP contribution < -0.4 is 11.1 Å². The summed E-state index contributed by atoms with van der Waals surface area (Å²) in [6.07, 6.45) is 1.23. The minimum Gasteiger partial charge on any atom is -0.383 e. The zero-order chi connectivity index (χ0) is 11.4. The van der Waals surface area contributed by atoms with E-state index in [0.29, 0.717) is 18.6 Å². The molecule has 88 valence electrons. The molecule has 0 heterocycles. The second-order valence-electron chi connectivity index (χ2n) is 4.48. The molecule has 0 aliphatic heterocycles. The molecule has 0 amide bonds. The van der Waals surface area contributed by atoms with Crippen LogP contribution in [0.1, 0.15) is 17.9 Å². The van der Waals surface area contributed by atoms with Gasteiger partial charge in [-0.25, -0.2) is 0 Å². The predicted molar refractivity (Wildman–Crippen MR) is 65.4 cm³/mol. The van der Waals surface area contributed by atoms with Gasteiger partial charge in [-0.05, 0) is 12.0 Å². The molecule has 0 radical (unpaired) electrons. The molecular formula is C13H20N2O. The summed E-state index contributed by atoms with van der Waals surface area (Å²) in [5.41, 5.74) is 7.29. The fraction of sp³-hybridized carbons (Fsp3) is 0.538. The highest BCUT2D eigenvalue weighted by Crippen LogP contribution is 2.40. The smallest absolute Gasteiger partial charge is 0.0626 e. The van der Waals surface area contributed by atoms with Gasteiger partial charge in [-0.2, -0.15) is 0 Å². The van der Waals surface area contributed by atoms with Crippen molar-refractivity contribution in [2.45, 2.75) is 24.4 Å². The Labute approximate surface area is 97.0 Å². The number of methoxy groups -OCH3 is 1. The molecule has 3 unspecified atom stereocenters. The van der Waals surface area contributed by atoms with Crippen LogP contribution in [0.4, 0.5) is 0 Å². The number of hydrogen-bond acceptors (Lipinski definition) is 3. The van der Waals surface area contributed by atoms with E-state index in [2.05, 4.69) is 35.6 Å². The fourth-order valence-electron chi connectivity index (χ4n) is 2.06. The van der Waals surface area contributed by atoms with Crippen molar-refractivity contribution in [3.63, 3.8) is 0 Å². The van der Waals surface area contributed by atoms with Crippen LogP contribution in [0.3, 0.4) is 0 Å². The van der Waals surface area contributed by atoms with Crippen LogP contribution in [0.15, 0.2) is 30.3 Å². The van der Waals surface area contributed by atoms with Crippen molar-refractivity contribution in [3.8, 4) is 0 Å². The highest BCUT2D eigenvalue weighted by Gasteiger charge is 2.37. The molecule has 3 nitrogen and oxygen atoms in total. The third-order valence-electron chi connectivity index (χ3n) is 3.04. The van der Waals surface area contributed by atoms with Gasteiger partial charge in [0.25, 0.3) is 0 Å². The minimum absolute atomic E-state index is 0.0991. The zero-order valence-electron chi connectivity index (χ0n) is 9.73. The topological polar surface area (TPSA) is 47.3 Å². The summed E-state index contributed by atoms with van der Waals surface area (Å²) in [6, 6.07) is 11.3. The summed E-state index contributed by atoms with van der Waals surface area (Å²) in [7, 11) is 1.68. The highest BCUT2D eigenvalue weighted by atomic mass is 16.5. The average Bonchev–Trinajstić information content (AvgIpc) is 3.07. The Bertz CT molecular complexity index is 315. The minimum atomic E-state index is 0.0991. The van der Waals surface area contributed by atoms with Gasteiger partial charge in [0.15, 0.2) is 0 Å². The Morgan fingerprint density at radius 1 is 1.44 bits per heavy atom. The van der Waals surface area contributed by atoms with Crippen molar-refractivity contribution in [1.29, 1.82) is 0 Å². The Morgan fingerprint density at radius 3 is 2.88 bits per heavy atom. The number of hydrogen-bond donors (Lipinski definition) is 2. The van der Waals surface area contributed by atoms with E-state index in [0.717, 1.165) is 6.54 Å². The molecule has 1 fully saturated rings. The summed E-state index contributed by atoms with van der Waals surface area (Å²) in [5.74, 6) is 0.677. The summed E-state index contributed by atoms with van der Waals surface area (Å²) in [6.45, 7) is 1.46. The van der Waals surface area contributed by atoms with Gasteiger partial charge in [-0.15, -0.1) is 0 Å². The molecule has 1 aromatic rings. The Balaban J connectivity index is 1.72. The van der Waals surface area contributed by atoms with E-state index < -0.39 is 0 Å². The van der Waals surface area contributed by atoms with E-state index in [1.165, 1.54) is 12.0 Å². The van der Waals surface area contributed by atoms with Crippen LogP contribution in [0.2, 0.25) is 0 Å². The molecule has 3 N–H and O–H groups in total. The number of ether oxygens (including phenoxy) is 1. The van der Waals surface area contributed by atoms with Gasteiger partial charge in [0.1, 0.15) is 0 Å². The van der Waals surface area contributed by atoms with Crippen molar-refractivity contribution in [2.75, 3.05) is 20.3 Å². The fourth-order valence-corrected chi connectivity index (χ4v) is 2.06. The molecule has 3 heteroatoms. The molecule has 0 saturated heterocycles. The Morgan fingerprint density at radius 2 is 2.19 bits per heavy atom. The normalized spacial score (nSPS) is 25.4. The van der Waals surface area contributed by atoms with Crippen molar-refractivity contribution in [1.82, 2.24) is 5.32 Å². The van der Waals surface area contributed by atoms with Gasteiger partial charge in [-0.1, -0.05) is 30.3 Å². The molecule has 3 atom stereocenters. The lowest BCUT2D eigenvalue weighted by molar-refractivity contribution is 0.179. The van der Waals surface area contributed by atoms with Crippen LogP contribution in [0, 0.1) is 0 Å². The van der Waals surface area contributed by atoms with Crippen LogP contribution >= 0.6 is 0 Å². The standard InChI is InChI=1S/C13H20N2O/c1-16-9-11(14)8-15-13-7-12(13)10-5-3-2-4-6-10/h2-6,11-13,15H,7-9,14H2,1H3. The van der Waals surface area contributed by atoms with E-state index in [9.17, 15) is 0 Å². The van der Waals surface area contributed by atoms with Crippen LogP contribution in [-0.4, -0.2) is 32.3 Å². The number of nitrogens with two attached hydrogens (primary N) is 1. The van der Waals surface area contributed by atoms with Gasteiger partial charge in [0.2, 0.25) is 0 Å². The van der Waals surface area contributed by atoms with Gasteiger partial charge in [-0.3, -0.25) is 0 Å². The van der Waals surface area contributed by atoms with Crippen molar-refractivity contribution < 1.29 is 4.74 Å². The van der Waals surface area contributed by atoms with Crippen LogP contribution in [-0.2, 0) is 4.74 Å². The number of nitrogens with one attached hydrogen (secondary N) is 1. The second-order valence-corrected chi connectivity index (χ2v) is 4.48.